The van der Waals surface area contributed by atoms with Crippen molar-refractivity contribution in [3.63, 3.8) is 0 Å². The SMILES string of the molecule is CCC(C)Oc1ccc(-c2nnc(CCC(=O)NCCc3ccc(OC)cc3)c(=O)[nH]2)cc1. The van der Waals surface area contributed by atoms with E-state index >= 15 is 0 Å². The number of nitrogens with one attached hydrogen (secondary N) is 2. The molecule has 33 heavy (non-hydrogen) atoms. The number of carbonyl (C=O) groups is 1. The minimum absolute atomic E-state index is 0.134. The van der Waals surface area contributed by atoms with Crippen LogP contribution < -0.4 is 20.3 Å². The van der Waals surface area contributed by atoms with E-state index in [0.717, 1.165) is 29.0 Å². The van der Waals surface area contributed by atoms with Gasteiger partial charge in [-0.3, -0.25) is 9.59 Å². The zero-order valence-electron chi connectivity index (χ0n) is 19.3. The topological polar surface area (TPSA) is 106 Å². The van der Waals surface area contributed by atoms with Crippen LogP contribution in [0.1, 0.15) is 37.9 Å². The summed E-state index contributed by atoms with van der Waals surface area (Å²) in [5.41, 5.74) is 1.74. The summed E-state index contributed by atoms with van der Waals surface area (Å²) < 4.78 is 10.9. The standard InChI is InChI=1S/C25H30N4O4/c1-4-17(2)33-21-11-7-19(8-12-21)24-27-25(31)22(28-29-24)13-14-23(30)26-16-15-18-5-9-20(32-3)10-6-18/h5-12,17H,4,13-16H2,1-3H3,(H,26,30)(H,27,29,31). The first-order valence-electron chi connectivity index (χ1n) is 11.1. The number of hydrogen-bond donors (Lipinski definition) is 2. The van der Waals surface area contributed by atoms with Gasteiger partial charge in [-0.2, -0.15) is 0 Å². The molecule has 1 atom stereocenters. The van der Waals surface area contributed by atoms with Crippen LogP contribution in [-0.2, 0) is 17.6 Å². The Bertz CT molecular complexity index is 1090. The van der Waals surface area contributed by atoms with Crippen molar-refractivity contribution in [3.8, 4) is 22.9 Å². The molecule has 1 amide bonds. The number of benzene rings is 2. The van der Waals surface area contributed by atoms with Crippen molar-refractivity contribution < 1.29 is 14.3 Å². The molecule has 1 unspecified atom stereocenters. The molecule has 0 saturated carbocycles. The van der Waals surface area contributed by atoms with Crippen molar-refractivity contribution in [2.75, 3.05) is 13.7 Å². The van der Waals surface area contributed by atoms with Crippen LogP contribution in [0, 0.1) is 0 Å². The number of amides is 1. The van der Waals surface area contributed by atoms with Crippen LogP contribution >= 0.6 is 0 Å². The van der Waals surface area contributed by atoms with Gasteiger partial charge in [-0.1, -0.05) is 19.1 Å². The molecule has 0 aliphatic carbocycles. The Labute approximate surface area is 193 Å². The monoisotopic (exact) mass is 450 g/mol. The van der Waals surface area contributed by atoms with E-state index < -0.39 is 0 Å². The van der Waals surface area contributed by atoms with Crippen molar-refractivity contribution in [2.24, 2.45) is 0 Å². The molecule has 3 aromatic rings. The number of hydrogen-bond acceptors (Lipinski definition) is 6. The van der Waals surface area contributed by atoms with E-state index in [2.05, 4.69) is 27.4 Å². The van der Waals surface area contributed by atoms with E-state index in [-0.39, 0.29) is 36.1 Å². The van der Waals surface area contributed by atoms with Crippen LogP contribution in [0.5, 0.6) is 11.5 Å². The number of aromatic nitrogens is 3. The number of carbonyl (C=O) groups excluding carboxylic acids is 1. The summed E-state index contributed by atoms with van der Waals surface area (Å²) in [4.78, 5) is 27.3. The number of rotatable bonds is 11. The number of aromatic amines is 1. The summed E-state index contributed by atoms with van der Waals surface area (Å²) in [5.74, 6) is 1.80. The van der Waals surface area contributed by atoms with Crippen molar-refractivity contribution in [2.45, 2.75) is 45.6 Å². The molecule has 2 aromatic carbocycles. The Balaban J connectivity index is 1.48. The Kier molecular flexibility index (Phi) is 8.57. The van der Waals surface area contributed by atoms with Gasteiger partial charge in [-0.25, -0.2) is 0 Å². The zero-order valence-corrected chi connectivity index (χ0v) is 19.3. The third-order valence-electron chi connectivity index (χ3n) is 5.29. The molecule has 3 rings (SSSR count). The number of H-pyrrole nitrogens is 1. The zero-order chi connectivity index (χ0) is 23.6. The first kappa shape index (κ1) is 24.0. The van der Waals surface area contributed by atoms with E-state index in [1.165, 1.54) is 0 Å². The summed E-state index contributed by atoms with van der Waals surface area (Å²) >= 11 is 0. The average Bonchev–Trinajstić information content (AvgIpc) is 2.84. The lowest BCUT2D eigenvalue weighted by atomic mass is 10.1. The quantitative estimate of drug-likeness (QED) is 0.464. The highest BCUT2D eigenvalue weighted by atomic mass is 16.5. The van der Waals surface area contributed by atoms with Crippen LogP contribution in [0.2, 0.25) is 0 Å². The number of methoxy groups -OCH3 is 1. The molecule has 174 valence electrons. The smallest absolute Gasteiger partial charge is 0.273 e. The fourth-order valence-electron chi connectivity index (χ4n) is 3.12. The fourth-order valence-corrected chi connectivity index (χ4v) is 3.12. The van der Waals surface area contributed by atoms with Crippen LogP contribution in [0.3, 0.4) is 0 Å². The highest BCUT2D eigenvalue weighted by molar-refractivity contribution is 5.76. The van der Waals surface area contributed by atoms with E-state index in [1.807, 2.05) is 55.5 Å². The molecular weight excluding hydrogens is 420 g/mol. The maximum atomic E-state index is 12.4. The van der Waals surface area contributed by atoms with Crippen LogP contribution in [0.25, 0.3) is 11.4 Å². The number of ether oxygens (including phenoxy) is 2. The highest BCUT2D eigenvalue weighted by Crippen LogP contribution is 2.19. The third-order valence-corrected chi connectivity index (χ3v) is 5.29. The summed E-state index contributed by atoms with van der Waals surface area (Å²) in [5, 5.41) is 11.0. The molecule has 0 aliphatic heterocycles. The molecule has 1 heterocycles. The molecule has 2 N–H and O–H groups in total. The van der Waals surface area contributed by atoms with Gasteiger partial charge in [0.2, 0.25) is 5.91 Å². The van der Waals surface area contributed by atoms with Gasteiger partial charge >= 0.3 is 0 Å². The van der Waals surface area contributed by atoms with Gasteiger partial charge in [0.1, 0.15) is 17.2 Å². The van der Waals surface area contributed by atoms with Crippen LogP contribution in [-0.4, -0.2) is 40.8 Å². The lowest BCUT2D eigenvalue weighted by Crippen LogP contribution is -2.27. The third kappa shape index (κ3) is 7.17. The van der Waals surface area contributed by atoms with Gasteiger partial charge in [0.25, 0.3) is 5.56 Å². The normalized spacial score (nSPS) is 11.6. The molecule has 0 fully saturated rings. The predicted octanol–water partition coefficient (Wildman–Crippen LogP) is 3.31. The predicted molar refractivity (Wildman–Crippen MR) is 126 cm³/mol. The van der Waals surface area contributed by atoms with Gasteiger partial charge in [0.05, 0.1) is 13.2 Å². The maximum absolute atomic E-state index is 12.4. The van der Waals surface area contributed by atoms with Crippen molar-refractivity contribution in [3.05, 3.63) is 70.1 Å². The minimum Gasteiger partial charge on any atom is -0.497 e. The fraction of sp³-hybridized carbons (Fsp3) is 0.360. The van der Waals surface area contributed by atoms with Crippen molar-refractivity contribution in [1.82, 2.24) is 20.5 Å². The minimum atomic E-state index is -0.342. The first-order valence-corrected chi connectivity index (χ1v) is 11.1. The summed E-state index contributed by atoms with van der Waals surface area (Å²) in [7, 11) is 1.62. The Hall–Kier alpha value is -3.68. The van der Waals surface area contributed by atoms with E-state index in [1.54, 1.807) is 7.11 Å². The lowest BCUT2D eigenvalue weighted by Gasteiger charge is -2.12. The molecule has 0 spiro atoms. The molecular formula is C25H30N4O4. The van der Waals surface area contributed by atoms with E-state index in [0.29, 0.717) is 18.8 Å². The largest absolute Gasteiger partial charge is 0.497 e. The molecule has 8 heteroatoms. The number of aryl methyl sites for hydroxylation is 1. The summed E-state index contributed by atoms with van der Waals surface area (Å²) in [6, 6.07) is 15.0. The second-order valence-electron chi connectivity index (χ2n) is 7.76. The average molecular weight is 451 g/mol. The molecule has 8 nitrogen and oxygen atoms in total. The van der Waals surface area contributed by atoms with E-state index in [9.17, 15) is 9.59 Å². The van der Waals surface area contributed by atoms with Crippen molar-refractivity contribution in [1.29, 1.82) is 0 Å². The van der Waals surface area contributed by atoms with Crippen LogP contribution in [0.15, 0.2) is 53.3 Å². The van der Waals surface area contributed by atoms with Crippen LogP contribution in [0.4, 0.5) is 0 Å². The Morgan fingerprint density at radius 3 is 2.36 bits per heavy atom. The van der Waals surface area contributed by atoms with Gasteiger partial charge in [-0.05, 0) is 61.7 Å². The van der Waals surface area contributed by atoms with E-state index in [4.69, 9.17) is 9.47 Å². The van der Waals surface area contributed by atoms with Crippen molar-refractivity contribution >= 4 is 5.91 Å². The molecule has 0 radical (unpaired) electrons. The molecule has 0 aliphatic rings. The second-order valence-corrected chi connectivity index (χ2v) is 7.76. The molecule has 0 saturated heterocycles. The second kappa shape index (κ2) is 11.8. The van der Waals surface area contributed by atoms with Gasteiger partial charge in [-0.15, -0.1) is 10.2 Å². The first-order chi connectivity index (χ1) is 16.0. The van der Waals surface area contributed by atoms with Gasteiger partial charge in [0.15, 0.2) is 5.82 Å². The number of nitrogens with zero attached hydrogens (tertiary/aromatic N) is 2. The summed E-state index contributed by atoms with van der Waals surface area (Å²) in [6.07, 6.45) is 2.16. The summed E-state index contributed by atoms with van der Waals surface area (Å²) in [6.45, 7) is 4.59. The molecule has 0 bridgehead atoms. The Morgan fingerprint density at radius 1 is 1.03 bits per heavy atom. The molecule has 1 aromatic heterocycles. The Morgan fingerprint density at radius 2 is 1.73 bits per heavy atom. The van der Waals surface area contributed by atoms with Gasteiger partial charge in [0, 0.05) is 24.9 Å². The van der Waals surface area contributed by atoms with Gasteiger partial charge < -0.3 is 19.8 Å². The highest BCUT2D eigenvalue weighted by Gasteiger charge is 2.10. The lowest BCUT2D eigenvalue weighted by molar-refractivity contribution is -0.121. The maximum Gasteiger partial charge on any atom is 0.273 e.